The van der Waals surface area contributed by atoms with Crippen LogP contribution in [0.25, 0.3) is 43.6 Å². The molecule has 2 nitrogen and oxygen atoms in total. The third kappa shape index (κ3) is 2.14. The molecule has 5 rings (SSSR count). The van der Waals surface area contributed by atoms with Crippen LogP contribution in [0.4, 0.5) is 0 Å². The molecule has 104 valence electrons. The third-order valence-electron chi connectivity index (χ3n) is 4.23. The minimum atomic E-state index is 0. The second kappa shape index (κ2) is 5.57. The van der Waals surface area contributed by atoms with Gasteiger partial charge >= 0.3 is 29.6 Å². The molecule has 0 radical (unpaired) electrons. The maximum atomic E-state index is 4.89. The zero-order chi connectivity index (χ0) is 14.5. The van der Waals surface area contributed by atoms with Crippen molar-refractivity contribution in [1.82, 2.24) is 9.97 Å². The summed E-state index contributed by atoms with van der Waals surface area (Å²) in [6.45, 7) is 0. The van der Waals surface area contributed by atoms with Crippen molar-refractivity contribution in [2.75, 3.05) is 0 Å². The van der Waals surface area contributed by atoms with Gasteiger partial charge in [-0.2, -0.15) is 0 Å². The fraction of sp³-hybridized carbons (Fsp3) is 0. The monoisotopic (exact) mass is 304 g/mol. The number of para-hydroxylation sites is 2. The van der Waals surface area contributed by atoms with Crippen molar-refractivity contribution in [2.45, 2.75) is 0 Å². The minimum absolute atomic E-state index is 0. The van der Waals surface area contributed by atoms with E-state index in [-0.39, 0.29) is 31.0 Å². The molecular formula is C20H13N2Na. The second-order valence-electron chi connectivity index (χ2n) is 5.50. The van der Waals surface area contributed by atoms with Gasteiger partial charge in [-0.25, -0.2) is 9.97 Å². The van der Waals surface area contributed by atoms with Crippen molar-refractivity contribution in [3.63, 3.8) is 0 Å². The molecular weight excluding hydrogens is 291 g/mol. The van der Waals surface area contributed by atoms with E-state index < -0.39 is 0 Å². The molecule has 0 bridgehead atoms. The van der Waals surface area contributed by atoms with Crippen LogP contribution in [-0.4, -0.2) is 9.97 Å². The second-order valence-corrected chi connectivity index (χ2v) is 5.50. The molecule has 0 aliphatic carbocycles. The van der Waals surface area contributed by atoms with Gasteiger partial charge in [-0.05, 0) is 22.9 Å². The van der Waals surface area contributed by atoms with Gasteiger partial charge in [-0.1, -0.05) is 60.7 Å². The average Bonchev–Trinajstić information content (AvgIpc) is 2.61. The predicted octanol–water partition coefficient (Wildman–Crippen LogP) is 2.21. The zero-order valence-electron chi connectivity index (χ0n) is 13.8. The quantitative estimate of drug-likeness (QED) is 0.249. The van der Waals surface area contributed by atoms with Crippen molar-refractivity contribution in [3.05, 3.63) is 72.8 Å². The van der Waals surface area contributed by atoms with E-state index >= 15 is 0 Å². The Morgan fingerprint density at radius 3 is 1.26 bits per heavy atom. The Morgan fingerprint density at radius 2 is 0.826 bits per heavy atom. The van der Waals surface area contributed by atoms with Crippen LogP contribution in [0, 0.1) is 0 Å². The van der Waals surface area contributed by atoms with Gasteiger partial charge in [0.25, 0.3) is 0 Å². The summed E-state index contributed by atoms with van der Waals surface area (Å²) in [5.74, 6) is 0. The van der Waals surface area contributed by atoms with Crippen molar-refractivity contribution in [3.8, 4) is 0 Å². The van der Waals surface area contributed by atoms with Gasteiger partial charge in [-0.15, -0.1) is 0 Å². The SMILES string of the molecule is [H-].[Na+].c1ccc2nc3c4ccccc4c4ccccc4c3nc2c1. The normalized spacial score (nSPS) is 11.1. The fourth-order valence-corrected chi connectivity index (χ4v) is 3.22. The fourth-order valence-electron chi connectivity index (χ4n) is 3.22. The molecule has 3 heteroatoms. The van der Waals surface area contributed by atoms with E-state index in [1.54, 1.807) is 0 Å². The first-order valence-corrected chi connectivity index (χ1v) is 7.38. The van der Waals surface area contributed by atoms with Crippen LogP contribution in [0.2, 0.25) is 0 Å². The van der Waals surface area contributed by atoms with Gasteiger partial charge in [0.05, 0.1) is 22.1 Å². The van der Waals surface area contributed by atoms with Gasteiger partial charge in [-0.3, -0.25) is 0 Å². The summed E-state index contributed by atoms with van der Waals surface area (Å²) in [6.07, 6.45) is 0. The number of rotatable bonds is 0. The molecule has 0 N–H and O–H groups in total. The molecule has 0 spiro atoms. The van der Waals surface area contributed by atoms with E-state index in [9.17, 15) is 0 Å². The van der Waals surface area contributed by atoms with E-state index in [1.165, 1.54) is 10.8 Å². The van der Waals surface area contributed by atoms with Crippen molar-refractivity contribution < 1.29 is 31.0 Å². The molecule has 0 saturated heterocycles. The summed E-state index contributed by atoms with van der Waals surface area (Å²) in [6, 6.07) is 24.9. The van der Waals surface area contributed by atoms with E-state index in [0.717, 1.165) is 32.8 Å². The topological polar surface area (TPSA) is 25.8 Å². The van der Waals surface area contributed by atoms with Crippen LogP contribution in [0.15, 0.2) is 72.8 Å². The van der Waals surface area contributed by atoms with Crippen LogP contribution < -0.4 is 29.6 Å². The van der Waals surface area contributed by atoms with E-state index in [0.29, 0.717) is 0 Å². The summed E-state index contributed by atoms with van der Waals surface area (Å²) in [5, 5.41) is 4.79. The molecule has 5 aromatic rings. The van der Waals surface area contributed by atoms with Crippen LogP contribution in [0.3, 0.4) is 0 Å². The summed E-state index contributed by atoms with van der Waals surface area (Å²) < 4.78 is 0. The minimum Gasteiger partial charge on any atom is -1.00 e. The Balaban J connectivity index is 0.000000845. The Morgan fingerprint density at radius 1 is 0.478 bits per heavy atom. The standard InChI is InChI=1S/C20H12N2.Na.H/c1-3-9-15-13(7-1)14-8-2-4-10-16(14)20-19(15)21-17-11-5-6-12-18(17)22-20;;/h1-12H;;/q;+1;-1. The molecule has 1 aromatic heterocycles. The Hall–Kier alpha value is -2.00. The first-order chi connectivity index (χ1) is 10.9. The number of aromatic nitrogens is 2. The smallest absolute Gasteiger partial charge is 1.00 e. The van der Waals surface area contributed by atoms with Crippen molar-refractivity contribution in [2.24, 2.45) is 0 Å². The van der Waals surface area contributed by atoms with Crippen LogP contribution in [0.5, 0.6) is 0 Å². The summed E-state index contributed by atoms with van der Waals surface area (Å²) in [7, 11) is 0. The number of nitrogens with zero attached hydrogens (tertiary/aromatic N) is 2. The largest absolute Gasteiger partial charge is 1.00 e. The third-order valence-corrected chi connectivity index (χ3v) is 4.23. The van der Waals surface area contributed by atoms with Gasteiger partial charge < -0.3 is 1.43 Å². The number of hydrogen-bond acceptors (Lipinski definition) is 2. The Kier molecular flexibility index (Phi) is 3.53. The molecule has 0 fully saturated rings. The average molecular weight is 304 g/mol. The Labute approximate surface area is 156 Å². The summed E-state index contributed by atoms with van der Waals surface area (Å²) >= 11 is 0. The number of benzene rings is 4. The molecule has 0 aliphatic heterocycles. The molecule has 0 saturated carbocycles. The van der Waals surface area contributed by atoms with Crippen molar-refractivity contribution in [1.29, 1.82) is 0 Å². The molecule has 0 amide bonds. The van der Waals surface area contributed by atoms with Gasteiger partial charge in [0.2, 0.25) is 0 Å². The van der Waals surface area contributed by atoms with Crippen molar-refractivity contribution >= 4 is 43.6 Å². The van der Waals surface area contributed by atoms with Gasteiger partial charge in [0.15, 0.2) is 0 Å². The summed E-state index contributed by atoms with van der Waals surface area (Å²) in [5.41, 5.74) is 3.84. The maximum absolute atomic E-state index is 4.89. The Bertz CT molecular complexity index is 1090. The number of fused-ring (bicyclic) bond motifs is 7. The van der Waals surface area contributed by atoms with E-state index in [4.69, 9.17) is 9.97 Å². The first kappa shape index (κ1) is 14.6. The molecule has 0 aliphatic rings. The van der Waals surface area contributed by atoms with Gasteiger partial charge in [0.1, 0.15) is 0 Å². The van der Waals surface area contributed by atoms with E-state index in [1.807, 2.05) is 24.3 Å². The number of hydrogen-bond donors (Lipinski definition) is 0. The maximum Gasteiger partial charge on any atom is 1.00 e. The summed E-state index contributed by atoms with van der Waals surface area (Å²) in [4.78, 5) is 9.79. The molecule has 0 atom stereocenters. The molecule has 4 aromatic carbocycles. The molecule has 1 heterocycles. The van der Waals surface area contributed by atoms with Crippen LogP contribution in [0.1, 0.15) is 1.43 Å². The molecule has 23 heavy (non-hydrogen) atoms. The van der Waals surface area contributed by atoms with Crippen LogP contribution in [-0.2, 0) is 0 Å². The van der Waals surface area contributed by atoms with E-state index in [2.05, 4.69) is 48.5 Å². The van der Waals surface area contributed by atoms with Gasteiger partial charge in [0, 0.05) is 10.8 Å². The predicted molar refractivity (Wildman–Crippen MR) is 93.2 cm³/mol. The first-order valence-electron chi connectivity index (χ1n) is 7.38. The van der Waals surface area contributed by atoms with Crippen LogP contribution >= 0.6 is 0 Å². The molecule has 0 unspecified atom stereocenters. The zero-order valence-corrected chi connectivity index (χ0v) is 14.8.